The Hall–Kier alpha value is -2.05. The highest BCUT2D eigenvalue weighted by molar-refractivity contribution is 6.42. The molecule has 2 aromatic heterocycles. The number of nitrogens with one attached hydrogen (secondary N) is 1. The number of benzene rings is 1. The first kappa shape index (κ1) is 13.6. The van der Waals surface area contributed by atoms with Crippen LogP contribution >= 0.6 is 23.2 Å². The lowest BCUT2D eigenvalue weighted by molar-refractivity contribution is 0.459. The predicted molar refractivity (Wildman–Crippen MR) is 82.2 cm³/mol. The van der Waals surface area contributed by atoms with Gasteiger partial charge in [-0.1, -0.05) is 23.2 Å². The molecule has 112 valence electrons. The van der Waals surface area contributed by atoms with E-state index in [2.05, 4.69) is 20.4 Å². The van der Waals surface area contributed by atoms with E-state index in [-0.39, 0.29) is 11.7 Å². The lowest BCUT2D eigenvalue weighted by Gasteiger charge is -2.14. The van der Waals surface area contributed by atoms with E-state index in [9.17, 15) is 5.11 Å². The van der Waals surface area contributed by atoms with Gasteiger partial charge >= 0.3 is 0 Å². The molecule has 0 radical (unpaired) electrons. The van der Waals surface area contributed by atoms with Gasteiger partial charge in [-0.25, -0.2) is 0 Å². The van der Waals surface area contributed by atoms with E-state index < -0.39 is 0 Å². The zero-order chi connectivity index (χ0) is 15.3. The Labute approximate surface area is 135 Å². The fourth-order valence-corrected chi connectivity index (χ4v) is 3.39. The second-order valence-corrected chi connectivity index (χ2v) is 6.02. The first-order valence-electron chi connectivity index (χ1n) is 6.73. The van der Waals surface area contributed by atoms with Crippen molar-refractivity contribution in [3.05, 3.63) is 46.0 Å². The summed E-state index contributed by atoms with van der Waals surface area (Å²) in [4.78, 5) is 0. The Morgan fingerprint density at radius 2 is 2.14 bits per heavy atom. The molecule has 0 aliphatic carbocycles. The number of hydrogen-bond donors (Lipinski definition) is 2. The van der Waals surface area contributed by atoms with Crippen molar-refractivity contribution in [2.75, 3.05) is 0 Å². The van der Waals surface area contributed by atoms with Gasteiger partial charge in [0.05, 0.1) is 21.8 Å². The summed E-state index contributed by atoms with van der Waals surface area (Å²) in [5.74, 6) is 1.78. The Morgan fingerprint density at radius 3 is 2.91 bits per heavy atom. The van der Waals surface area contributed by atoms with Crippen molar-refractivity contribution in [2.24, 2.45) is 0 Å². The van der Waals surface area contributed by atoms with E-state index in [0.717, 1.165) is 17.2 Å². The molecule has 0 bridgehead atoms. The number of nitrogens with zero attached hydrogens (tertiary/aromatic N) is 4. The SMILES string of the molecule is Oc1ccc(Cl)c(Cl)c1[C@@H]1Cc2nnc(-c3cn[nH]c3)n2C1. The summed E-state index contributed by atoms with van der Waals surface area (Å²) in [5, 5.41) is 26.1. The van der Waals surface area contributed by atoms with Crippen LogP contribution < -0.4 is 0 Å². The van der Waals surface area contributed by atoms with Crippen molar-refractivity contribution in [3.8, 4) is 17.1 Å². The van der Waals surface area contributed by atoms with Crippen LogP contribution in [0.3, 0.4) is 0 Å². The maximum Gasteiger partial charge on any atom is 0.167 e. The first-order valence-corrected chi connectivity index (χ1v) is 7.49. The highest BCUT2D eigenvalue weighted by Gasteiger charge is 2.31. The Bertz CT molecular complexity index is 843. The van der Waals surface area contributed by atoms with Crippen LogP contribution in [0.15, 0.2) is 24.5 Å². The van der Waals surface area contributed by atoms with E-state index in [0.29, 0.717) is 28.6 Å². The molecule has 1 aliphatic rings. The van der Waals surface area contributed by atoms with E-state index in [1.807, 2.05) is 4.57 Å². The van der Waals surface area contributed by atoms with Crippen LogP contribution in [0.1, 0.15) is 17.3 Å². The summed E-state index contributed by atoms with van der Waals surface area (Å²) in [5.41, 5.74) is 1.54. The fourth-order valence-electron chi connectivity index (χ4n) is 2.91. The molecule has 8 heteroatoms. The standard InChI is InChI=1S/C14H11Cl2N5O/c15-9-1-2-10(22)12(13(9)16)7-3-11-19-20-14(21(11)6-7)8-4-17-18-5-8/h1-2,4-5,7,22H,3,6H2,(H,17,18)/t7-/m1/s1. The Kier molecular flexibility index (Phi) is 3.09. The molecule has 0 saturated carbocycles. The third-order valence-electron chi connectivity index (χ3n) is 3.93. The molecule has 3 aromatic rings. The third kappa shape index (κ3) is 1.99. The second kappa shape index (κ2) is 5.00. The maximum atomic E-state index is 10.1. The zero-order valence-electron chi connectivity index (χ0n) is 11.3. The van der Waals surface area contributed by atoms with Gasteiger partial charge < -0.3 is 9.67 Å². The minimum Gasteiger partial charge on any atom is -0.508 e. The molecule has 22 heavy (non-hydrogen) atoms. The van der Waals surface area contributed by atoms with Gasteiger partial charge in [0.15, 0.2) is 5.82 Å². The molecule has 0 amide bonds. The number of phenols is 1. The lowest BCUT2D eigenvalue weighted by atomic mass is 9.96. The van der Waals surface area contributed by atoms with Crippen molar-refractivity contribution < 1.29 is 5.11 Å². The molecule has 1 atom stereocenters. The smallest absolute Gasteiger partial charge is 0.167 e. The summed E-state index contributed by atoms with van der Waals surface area (Å²) in [7, 11) is 0. The monoisotopic (exact) mass is 335 g/mol. The summed E-state index contributed by atoms with van der Waals surface area (Å²) in [6.07, 6.45) is 4.13. The minimum absolute atomic E-state index is 0.0161. The van der Waals surface area contributed by atoms with Crippen molar-refractivity contribution in [3.63, 3.8) is 0 Å². The first-order chi connectivity index (χ1) is 10.6. The van der Waals surface area contributed by atoms with Gasteiger partial charge in [-0.3, -0.25) is 5.10 Å². The highest BCUT2D eigenvalue weighted by Crippen LogP contribution is 2.42. The van der Waals surface area contributed by atoms with Gasteiger partial charge in [0.2, 0.25) is 0 Å². The lowest BCUT2D eigenvalue weighted by Crippen LogP contribution is -2.04. The molecule has 6 nitrogen and oxygen atoms in total. The normalized spacial score (nSPS) is 16.9. The number of aromatic nitrogens is 5. The molecule has 3 heterocycles. The minimum atomic E-state index is 0.0161. The topological polar surface area (TPSA) is 79.6 Å². The van der Waals surface area contributed by atoms with Crippen molar-refractivity contribution >= 4 is 23.2 Å². The summed E-state index contributed by atoms with van der Waals surface area (Å²) in [6.45, 7) is 0.635. The van der Waals surface area contributed by atoms with Gasteiger partial charge in [0.25, 0.3) is 0 Å². The van der Waals surface area contributed by atoms with Crippen LogP contribution in [0.5, 0.6) is 5.75 Å². The van der Waals surface area contributed by atoms with Crippen LogP contribution in [0.25, 0.3) is 11.4 Å². The molecule has 0 spiro atoms. The average Bonchev–Trinajstić information content (AvgIpc) is 3.18. The summed E-state index contributed by atoms with van der Waals surface area (Å²) < 4.78 is 2.02. The maximum absolute atomic E-state index is 10.1. The Morgan fingerprint density at radius 1 is 1.27 bits per heavy atom. The number of H-pyrrole nitrogens is 1. The van der Waals surface area contributed by atoms with Crippen LogP contribution in [0.2, 0.25) is 10.0 Å². The molecule has 0 unspecified atom stereocenters. The van der Waals surface area contributed by atoms with Crippen LogP contribution in [0.4, 0.5) is 0 Å². The number of aromatic amines is 1. The molecule has 1 aliphatic heterocycles. The number of phenolic OH excluding ortho intramolecular Hbond substituents is 1. The average molecular weight is 336 g/mol. The number of aromatic hydroxyl groups is 1. The number of rotatable bonds is 2. The van der Waals surface area contributed by atoms with Gasteiger partial charge in [-0.15, -0.1) is 10.2 Å². The van der Waals surface area contributed by atoms with Crippen LogP contribution in [-0.2, 0) is 13.0 Å². The number of fused-ring (bicyclic) bond motifs is 1. The molecular formula is C14H11Cl2N5O. The van der Waals surface area contributed by atoms with E-state index in [1.165, 1.54) is 0 Å². The van der Waals surface area contributed by atoms with Crippen molar-refractivity contribution in [1.29, 1.82) is 0 Å². The van der Waals surface area contributed by atoms with Crippen LogP contribution in [0, 0.1) is 0 Å². The van der Waals surface area contributed by atoms with Crippen molar-refractivity contribution in [1.82, 2.24) is 25.0 Å². The fraction of sp³-hybridized carbons (Fsp3) is 0.214. The molecule has 4 rings (SSSR count). The molecule has 1 aromatic carbocycles. The van der Waals surface area contributed by atoms with Gasteiger partial charge in [-0.05, 0) is 12.1 Å². The van der Waals surface area contributed by atoms with E-state index in [4.69, 9.17) is 23.2 Å². The van der Waals surface area contributed by atoms with Gasteiger partial charge in [0.1, 0.15) is 11.6 Å². The number of hydrogen-bond acceptors (Lipinski definition) is 4. The van der Waals surface area contributed by atoms with Gasteiger partial charge in [-0.2, -0.15) is 5.10 Å². The zero-order valence-corrected chi connectivity index (χ0v) is 12.8. The highest BCUT2D eigenvalue weighted by atomic mass is 35.5. The largest absolute Gasteiger partial charge is 0.508 e. The third-order valence-corrected chi connectivity index (χ3v) is 4.75. The quantitative estimate of drug-likeness (QED) is 0.754. The number of halogens is 2. The van der Waals surface area contributed by atoms with E-state index in [1.54, 1.807) is 24.5 Å². The summed E-state index contributed by atoms with van der Waals surface area (Å²) in [6, 6.07) is 3.16. The van der Waals surface area contributed by atoms with Gasteiger partial charge in [0, 0.05) is 30.6 Å². The van der Waals surface area contributed by atoms with Crippen LogP contribution in [-0.4, -0.2) is 30.1 Å². The summed E-state index contributed by atoms with van der Waals surface area (Å²) >= 11 is 12.3. The molecular weight excluding hydrogens is 325 g/mol. The second-order valence-electron chi connectivity index (χ2n) is 5.23. The molecule has 0 fully saturated rings. The molecule has 2 N–H and O–H groups in total. The van der Waals surface area contributed by atoms with E-state index >= 15 is 0 Å². The molecule has 0 saturated heterocycles. The Balaban J connectivity index is 1.73. The van der Waals surface area contributed by atoms with Crippen molar-refractivity contribution in [2.45, 2.75) is 18.9 Å². The predicted octanol–water partition coefficient (Wildman–Crippen LogP) is 3.02.